The minimum absolute atomic E-state index is 0.0240. The van der Waals surface area contributed by atoms with Gasteiger partial charge in [0.15, 0.2) is 0 Å². The maximum Gasteiger partial charge on any atom is 0.336 e. The molecular formula is C25H25N3O3. The molecule has 2 atom stereocenters. The van der Waals surface area contributed by atoms with Crippen LogP contribution in [0.4, 0.5) is 4.79 Å². The number of hydrogen-bond donors (Lipinski definition) is 1. The molecule has 31 heavy (non-hydrogen) atoms. The number of methoxy groups -OCH3 is 1. The number of nitriles is 1. The van der Waals surface area contributed by atoms with E-state index in [0.29, 0.717) is 24.1 Å². The van der Waals surface area contributed by atoms with Crippen LogP contribution in [-0.2, 0) is 16.0 Å². The number of carbonyl (C=O) groups is 2. The highest BCUT2D eigenvalue weighted by Crippen LogP contribution is 2.43. The first kappa shape index (κ1) is 20.7. The topological polar surface area (TPSA) is 82.4 Å². The van der Waals surface area contributed by atoms with E-state index in [1.54, 1.807) is 12.1 Å². The average molecular weight is 415 g/mol. The van der Waals surface area contributed by atoms with Gasteiger partial charge in [-0.05, 0) is 54.5 Å². The third-order valence-corrected chi connectivity index (χ3v) is 6.11. The number of rotatable bonds is 5. The average Bonchev–Trinajstić information content (AvgIpc) is 3.12. The van der Waals surface area contributed by atoms with Gasteiger partial charge >= 0.3 is 12.0 Å². The largest absolute Gasteiger partial charge is 0.466 e. The lowest BCUT2D eigenvalue weighted by Gasteiger charge is -2.37. The van der Waals surface area contributed by atoms with Crippen molar-refractivity contribution in [3.8, 4) is 6.07 Å². The molecule has 1 fully saturated rings. The van der Waals surface area contributed by atoms with Crippen molar-refractivity contribution in [3.05, 3.63) is 76.9 Å². The smallest absolute Gasteiger partial charge is 0.336 e. The number of benzene rings is 2. The van der Waals surface area contributed by atoms with Gasteiger partial charge in [-0.15, -0.1) is 0 Å². The Kier molecular flexibility index (Phi) is 6.03. The van der Waals surface area contributed by atoms with Gasteiger partial charge in [0.1, 0.15) is 0 Å². The third-order valence-electron chi connectivity index (χ3n) is 6.11. The number of nitrogens with zero attached hydrogens (tertiary/aromatic N) is 2. The molecule has 4 rings (SSSR count). The Hall–Kier alpha value is -3.59. The quantitative estimate of drug-likeness (QED) is 0.756. The van der Waals surface area contributed by atoms with E-state index >= 15 is 0 Å². The van der Waals surface area contributed by atoms with Crippen LogP contribution in [0, 0.1) is 11.3 Å². The Bertz CT molecular complexity index is 1060. The Morgan fingerprint density at radius 1 is 1.16 bits per heavy atom. The van der Waals surface area contributed by atoms with Gasteiger partial charge in [-0.3, -0.25) is 0 Å². The number of hydrogen-bond acceptors (Lipinski definition) is 4. The zero-order chi connectivity index (χ0) is 21.8. The van der Waals surface area contributed by atoms with Gasteiger partial charge in [-0.2, -0.15) is 5.26 Å². The van der Waals surface area contributed by atoms with Gasteiger partial charge in [-0.1, -0.05) is 42.5 Å². The molecule has 6 heteroatoms. The van der Waals surface area contributed by atoms with Gasteiger partial charge in [0, 0.05) is 12.6 Å². The fourth-order valence-corrected chi connectivity index (χ4v) is 4.69. The second kappa shape index (κ2) is 9.05. The highest BCUT2D eigenvalue weighted by Gasteiger charge is 2.46. The van der Waals surface area contributed by atoms with Crippen molar-refractivity contribution in [2.24, 2.45) is 0 Å². The summed E-state index contributed by atoms with van der Waals surface area (Å²) in [6.07, 6.45) is 2.88. The Morgan fingerprint density at radius 3 is 2.71 bits per heavy atom. The molecule has 6 nitrogen and oxygen atoms in total. The van der Waals surface area contributed by atoms with E-state index in [-0.39, 0.29) is 18.1 Å². The summed E-state index contributed by atoms with van der Waals surface area (Å²) in [7, 11) is 1.37. The van der Waals surface area contributed by atoms with Crippen LogP contribution in [0.5, 0.6) is 0 Å². The standard InChI is InChI=1S/C25H25N3O3/c1-31-24(29)23-21(19-9-5-8-18(14-19)16-26)15-20-10-11-22(23)28(20)25(30)27-13-12-17-6-3-2-4-7-17/h2-9,14,20,22H,10-13,15H2,1H3,(H,27,30)/t20-,22+/m0/s1. The van der Waals surface area contributed by atoms with Gasteiger partial charge < -0.3 is 15.0 Å². The van der Waals surface area contributed by atoms with Crippen molar-refractivity contribution in [3.63, 3.8) is 0 Å². The fourth-order valence-electron chi connectivity index (χ4n) is 4.69. The first-order valence-electron chi connectivity index (χ1n) is 10.5. The molecule has 2 heterocycles. The van der Waals surface area contributed by atoms with Crippen LogP contribution < -0.4 is 5.32 Å². The highest BCUT2D eigenvalue weighted by atomic mass is 16.5. The van der Waals surface area contributed by atoms with Gasteiger partial charge in [-0.25, -0.2) is 9.59 Å². The molecule has 2 bridgehead atoms. The maximum atomic E-state index is 13.0. The minimum atomic E-state index is -0.412. The second-order valence-corrected chi connectivity index (χ2v) is 7.90. The third kappa shape index (κ3) is 4.17. The van der Waals surface area contributed by atoms with Crippen LogP contribution >= 0.6 is 0 Å². The van der Waals surface area contributed by atoms with Crippen molar-refractivity contribution in [2.45, 2.75) is 37.8 Å². The molecular weight excluding hydrogens is 390 g/mol. The molecule has 1 saturated heterocycles. The Morgan fingerprint density at radius 2 is 1.97 bits per heavy atom. The van der Waals surface area contributed by atoms with E-state index in [2.05, 4.69) is 11.4 Å². The minimum Gasteiger partial charge on any atom is -0.466 e. The Labute approximate surface area is 182 Å². The number of amides is 2. The highest BCUT2D eigenvalue weighted by molar-refractivity contribution is 6.01. The first-order valence-corrected chi connectivity index (χ1v) is 10.5. The van der Waals surface area contributed by atoms with Crippen molar-refractivity contribution in [1.29, 1.82) is 5.26 Å². The zero-order valence-corrected chi connectivity index (χ0v) is 17.5. The van der Waals surface area contributed by atoms with Crippen molar-refractivity contribution < 1.29 is 14.3 Å². The van der Waals surface area contributed by atoms with Crippen LogP contribution in [0.15, 0.2) is 60.2 Å². The van der Waals surface area contributed by atoms with Gasteiger partial charge in [0.2, 0.25) is 0 Å². The lowest BCUT2D eigenvalue weighted by molar-refractivity contribution is -0.136. The number of carbonyl (C=O) groups excluding carboxylic acids is 2. The van der Waals surface area contributed by atoms with Crippen LogP contribution in [-0.4, -0.2) is 42.6 Å². The summed E-state index contributed by atoms with van der Waals surface area (Å²) in [5.74, 6) is -0.412. The number of fused-ring (bicyclic) bond motifs is 2. The molecule has 0 radical (unpaired) electrons. The molecule has 158 valence electrons. The summed E-state index contributed by atoms with van der Waals surface area (Å²) in [5.41, 5.74) is 3.97. The zero-order valence-electron chi connectivity index (χ0n) is 17.5. The number of esters is 1. The lowest BCUT2D eigenvalue weighted by atomic mass is 9.88. The summed E-state index contributed by atoms with van der Waals surface area (Å²) in [5, 5.41) is 12.3. The van der Waals surface area contributed by atoms with Crippen molar-refractivity contribution in [2.75, 3.05) is 13.7 Å². The number of nitrogens with one attached hydrogen (secondary N) is 1. The van der Waals surface area contributed by atoms with E-state index < -0.39 is 5.97 Å². The molecule has 0 aromatic heterocycles. The number of urea groups is 1. The summed E-state index contributed by atoms with van der Waals surface area (Å²) in [4.78, 5) is 27.6. The Balaban J connectivity index is 1.57. The van der Waals surface area contributed by atoms with Gasteiger partial charge in [0.05, 0.1) is 30.4 Å². The predicted molar refractivity (Wildman–Crippen MR) is 117 cm³/mol. The van der Waals surface area contributed by atoms with Gasteiger partial charge in [0.25, 0.3) is 0 Å². The van der Waals surface area contributed by atoms with E-state index in [1.807, 2.05) is 47.4 Å². The molecule has 0 aliphatic carbocycles. The van der Waals surface area contributed by atoms with E-state index in [1.165, 1.54) is 12.7 Å². The summed E-state index contributed by atoms with van der Waals surface area (Å²) in [6.45, 7) is 0.535. The molecule has 2 aliphatic rings. The maximum absolute atomic E-state index is 13.0. The molecule has 0 saturated carbocycles. The predicted octanol–water partition coefficient (Wildman–Crippen LogP) is 3.67. The summed E-state index contributed by atoms with van der Waals surface area (Å²) >= 11 is 0. The lowest BCUT2D eigenvalue weighted by Crippen LogP contribution is -2.51. The monoisotopic (exact) mass is 415 g/mol. The normalized spacial score (nSPS) is 19.7. The van der Waals surface area contributed by atoms with Crippen LogP contribution in [0.25, 0.3) is 5.57 Å². The van der Waals surface area contributed by atoms with Crippen molar-refractivity contribution >= 4 is 17.6 Å². The molecule has 2 amide bonds. The first-order chi connectivity index (χ1) is 15.1. The molecule has 2 aromatic carbocycles. The molecule has 0 unspecified atom stereocenters. The second-order valence-electron chi connectivity index (χ2n) is 7.90. The number of ether oxygens (including phenoxy) is 1. The molecule has 0 spiro atoms. The van der Waals surface area contributed by atoms with Crippen LogP contribution in [0.2, 0.25) is 0 Å². The van der Waals surface area contributed by atoms with E-state index in [9.17, 15) is 14.9 Å². The van der Waals surface area contributed by atoms with Crippen LogP contribution in [0.3, 0.4) is 0 Å². The molecule has 2 aliphatic heterocycles. The van der Waals surface area contributed by atoms with E-state index in [0.717, 1.165) is 30.4 Å². The summed E-state index contributed by atoms with van der Waals surface area (Å²) < 4.78 is 5.10. The van der Waals surface area contributed by atoms with Crippen molar-refractivity contribution in [1.82, 2.24) is 10.2 Å². The van der Waals surface area contributed by atoms with Crippen LogP contribution in [0.1, 0.15) is 36.0 Å². The molecule has 2 aromatic rings. The van der Waals surface area contributed by atoms with E-state index in [4.69, 9.17) is 4.74 Å². The molecule has 1 N–H and O–H groups in total. The summed E-state index contributed by atoms with van der Waals surface area (Å²) in [6, 6.07) is 19.0. The SMILES string of the molecule is COC(=O)C1=C(c2cccc(C#N)c2)C[C@@H]2CC[C@H]1N2C(=O)NCCc1ccccc1. The fraction of sp³-hybridized carbons (Fsp3) is 0.320.